The highest BCUT2D eigenvalue weighted by Gasteiger charge is 2.22. The molecule has 0 saturated heterocycles. The summed E-state index contributed by atoms with van der Waals surface area (Å²) < 4.78 is 0. The molecule has 2 aromatic carbocycles. The number of hydrogen-bond donors (Lipinski definition) is 0. The number of anilines is 1. The van der Waals surface area contributed by atoms with Crippen molar-refractivity contribution in [3.63, 3.8) is 0 Å². The molecule has 0 aliphatic carbocycles. The number of para-hydroxylation sites is 1. The van der Waals surface area contributed by atoms with Crippen LogP contribution in [0.5, 0.6) is 0 Å². The van der Waals surface area contributed by atoms with Crippen molar-refractivity contribution >= 4 is 17.5 Å². The van der Waals surface area contributed by atoms with Crippen LogP contribution in [-0.2, 0) is 22.6 Å². The maximum Gasteiger partial charge on any atom is 0.224 e. The monoisotopic (exact) mass is 380 g/mol. The second-order valence-electron chi connectivity index (χ2n) is 7.46. The minimum atomic E-state index is -0.0315. The number of benzene rings is 2. The van der Waals surface area contributed by atoms with E-state index in [4.69, 9.17) is 0 Å². The van der Waals surface area contributed by atoms with Gasteiger partial charge in [-0.1, -0.05) is 55.5 Å². The van der Waals surface area contributed by atoms with Crippen molar-refractivity contribution in [3.8, 4) is 0 Å². The van der Waals surface area contributed by atoms with Crippen LogP contribution in [0.25, 0.3) is 0 Å². The van der Waals surface area contributed by atoms with Gasteiger partial charge in [-0.05, 0) is 43.9 Å². The van der Waals surface area contributed by atoms with Gasteiger partial charge in [-0.2, -0.15) is 0 Å². The Bertz CT molecular complexity index is 800. The van der Waals surface area contributed by atoms with Gasteiger partial charge in [0.2, 0.25) is 11.8 Å². The van der Waals surface area contributed by atoms with Crippen molar-refractivity contribution in [2.24, 2.45) is 0 Å². The summed E-state index contributed by atoms with van der Waals surface area (Å²) in [4.78, 5) is 29.0. The molecule has 0 aliphatic rings. The van der Waals surface area contributed by atoms with Crippen LogP contribution in [0.4, 0.5) is 5.69 Å². The van der Waals surface area contributed by atoms with Crippen molar-refractivity contribution in [1.82, 2.24) is 4.90 Å². The summed E-state index contributed by atoms with van der Waals surface area (Å²) in [7, 11) is 0. The number of aryl methyl sites for hydroxylation is 2. The van der Waals surface area contributed by atoms with Gasteiger partial charge in [-0.3, -0.25) is 9.59 Å². The van der Waals surface area contributed by atoms with Crippen LogP contribution in [0.3, 0.4) is 0 Å². The molecule has 4 heteroatoms. The molecule has 2 amide bonds. The smallest absolute Gasteiger partial charge is 0.224 e. The predicted octanol–water partition coefficient (Wildman–Crippen LogP) is 4.74. The Labute approximate surface area is 169 Å². The first-order valence-corrected chi connectivity index (χ1v) is 10.0. The Kier molecular flexibility index (Phi) is 7.80. The molecule has 0 N–H and O–H groups in total. The Morgan fingerprint density at radius 3 is 2.25 bits per heavy atom. The lowest BCUT2D eigenvalue weighted by Crippen LogP contribution is -2.39. The Hall–Kier alpha value is -2.62. The summed E-state index contributed by atoms with van der Waals surface area (Å²) in [5, 5.41) is 0. The molecule has 0 aromatic heterocycles. The minimum Gasteiger partial charge on any atom is -0.336 e. The number of carbonyl (C=O) groups is 2. The van der Waals surface area contributed by atoms with Gasteiger partial charge >= 0.3 is 0 Å². The van der Waals surface area contributed by atoms with Gasteiger partial charge in [0.15, 0.2) is 0 Å². The van der Waals surface area contributed by atoms with Crippen LogP contribution in [0.15, 0.2) is 48.5 Å². The number of carbonyl (C=O) groups excluding carboxylic acids is 2. The van der Waals surface area contributed by atoms with E-state index in [-0.39, 0.29) is 17.9 Å². The van der Waals surface area contributed by atoms with E-state index in [0.717, 1.165) is 28.8 Å². The van der Waals surface area contributed by atoms with Crippen molar-refractivity contribution in [2.45, 2.75) is 60.0 Å². The molecule has 2 aromatic rings. The van der Waals surface area contributed by atoms with Crippen LogP contribution in [0.1, 0.15) is 50.8 Å². The molecule has 150 valence electrons. The highest BCUT2D eigenvalue weighted by atomic mass is 16.2. The number of hydrogen-bond acceptors (Lipinski definition) is 2. The van der Waals surface area contributed by atoms with Gasteiger partial charge < -0.3 is 9.80 Å². The first-order valence-electron chi connectivity index (χ1n) is 10.0. The average Bonchev–Trinajstić information content (AvgIpc) is 2.67. The Morgan fingerprint density at radius 1 is 1.00 bits per heavy atom. The fraction of sp³-hybridized carbons (Fsp3) is 0.417. The van der Waals surface area contributed by atoms with Crippen LogP contribution >= 0.6 is 0 Å². The third-order valence-electron chi connectivity index (χ3n) is 5.04. The van der Waals surface area contributed by atoms with E-state index in [9.17, 15) is 9.59 Å². The number of rotatable bonds is 8. The molecule has 28 heavy (non-hydrogen) atoms. The van der Waals surface area contributed by atoms with Crippen molar-refractivity contribution in [1.29, 1.82) is 0 Å². The van der Waals surface area contributed by atoms with Crippen LogP contribution in [-0.4, -0.2) is 29.3 Å². The normalized spacial score (nSPS) is 10.8. The standard InChI is InChI=1S/C24H32N2O2/c1-6-22-14-10-11-19(4)24(22)25(20(5)27)16-15-23(28)26(18(2)3)17-21-12-8-7-9-13-21/h7-14,18H,6,15-17H2,1-5H3. The molecule has 4 nitrogen and oxygen atoms in total. The van der Waals surface area contributed by atoms with E-state index >= 15 is 0 Å². The molecule has 0 radical (unpaired) electrons. The number of nitrogens with zero attached hydrogens (tertiary/aromatic N) is 2. The average molecular weight is 381 g/mol. The molecule has 0 aliphatic heterocycles. The zero-order chi connectivity index (χ0) is 20.7. The second-order valence-corrected chi connectivity index (χ2v) is 7.46. The summed E-state index contributed by atoms with van der Waals surface area (Å²) in [6, 6.07) is 16.2. The van der Waals surface area contributed by atoms with Gasteiger partial charge in [0.05, 0.1) is 0 Å². The highest BCUT2D eigenvalue weighted by molar-refractivity contribution is 5.94. The lowest BCUT2D eigenvalue weighted by molar-refractivity contribution is -0.133. The molecule has 2 rings (SSSR count). The summed E-state index contributed by atoms with van der Waals surface area (Å²) in [5.41, 5.74) is 4.25. The van der Waals surface area contributed by atoms with Gasteiger partial charge in [-0.25, -0.2) is 0 Å². The Morgan fingerprint density at radius 2 is 1.68 bits per heavy atom. The van der Waals surface area contributed by atoms with Gasteiger partial charge in [0.1, 0.15) is 0 Å². The molecule has 0 bridgehead atoms. The van der Waals surface area contributed by atoms with Crippen molar-refractivity contribution < 1.29 is 9.59 Å². The van der Waals surface area contributed by atoms with Gasteiger partial charge in [-0.15, -0.1) is 0 Å². The van der Waals surface area contributed by atoms with E-state index in [1.54, 1.807) is 11.8 Å². The van der Waals surface area contributed by atoms with E-state index < -0.39 is 0 Å². The second kappa shape index (κ2) is 10.1. The van der Waals surface area contributed by atoms with E-state index in [1.165, 1.54) is 0 Å². The SMILES string of the molecule is CCc1cccc(C)c1N(CCC(=O)N(Cc1ccccc1)C(C)C)C(C)=O. The quantitative estimate of drug-likeness (QED) is 0.664. The lowest BCUT2D eigenvalue weighted by Gasteiger charge is -2.30. The molecular weight excluding hydrogens is 348 g/mol. The fourth-order valence-electron chi connectivity index (χ4n) is 3.51. The lowest BCUT2D eigenvalue weighted by atomic mass is 10.0. The number of amides is 2. The summed E-state index contributed by atoms with van der Waals surface area (Å²) in [5.74, 6) is 0.0349. The third-order valence-corrected chi connectivity index (χ3v) is 5.04. The third kappa shape index (κ3) is 5.44. The minimum absolute atomic E-state index is 0.0315. The zero-order valence-electron chi connectivity index (χ0n) is 17.7. The van der Waals surface area contributed by atoms with Gasteiger partial charge in [0, 0.05) is 38.2 Å². The molecular formula is C24H32N2O2. The first kappa shape index (κ1) is 21.7. The molecule has 0 fully saturated rings. The van der Waals surface area contributed by atoms with Crippen molar-refractivity contribution in [3.05, 3.63) is 65.2 Å². The summed E-state index contributed by atoms with van der Waals surface area (Å²) in [6.07, 6.45) is 1.16. The molecule has 0 spiro atoms. The van der Waals surface area contributed by atoms with E-state index in [2.05, 4.69) is 13.0 Å². The van der Waals surface area contributed by atoms with E-state index in [1.807, 2.05) is 68.1 Å². The zero-order valence-corrected chi connectivity index (χ0v) is 17.7. The first-order chi connectivity index (χ1) is 13.3. The summed E-state index contributed by atoms with van der Waals surface area (Å²) in [6.45, 7) is 10.7. The maximum absolute atomic E-state index is 13.0. The van der Waals surface area contributed by atoms with Crippen LogP contribution < -0.4 is 4.90 Å². The predicted molar refractivity (Wildman–Crippen MR) is 115 cm³/mol. The van der Waals surface area contributed by atoms with Crippen molar-refractivity contribution in [2.75, 3.05) is 11.4 Å². The summed E-state index contributed by atoms with van der Waals surface area (Å²) >= 11 is 0. The van der Waals surface area contributed by atoms with E-state index in [0.29, 0.717) is 19.5 Å². The molecule has 0 saturated carbocycles. The Balaban J connectivity index is 2.16. The molecule has 0 atom stereocenters. The molecule has 0 heterocycles. The van der Waals surface area contributed by atoms with Crippen LogP contribution in [0, 0.1) is 6.92 Å². The fourth-order valence-corrected chi connectivity index (χ4v) is 3.51. The topological polar surface area (TPSA) is 40.6 Å². The highest BCUT2D eigenvalue weighted by Crippen LogP contribution is 2.26. The maximum atomic E-state index is 13.0. The van der Waals surface area contributed by atoms with Gasteiger partial charge in [0.25, 0.3) is 0 Å². The van der Waals surface area contributed by atoms with Crippen LogP contribution in [0.2, 0.25) is 0 Å². The molecule has 0 unspecified atom stereocenters. The largest absolute Gasteiger partial charge is 0.336 e.